The third-order valence-electron chi connectivity index (χ3n) is 6.06. The van der Waals surface area contributed by atoms with Gasteiger partial charge in [-0.1, -0.05) is 18.6 Å². The number of hydrogen-bond donors (Lipinski definition) is 1. The van der Waals surface area contributed by atoms with E-state index in [1.807, 2.05) is 37.3 Å². The summed E-state index contributed by atoms with van der Waals surface area (Å²) in [5.41, 5.74) is 3.31. The largest absolute Gasteiger partial charge is 0.490 e. The molecule has 3 heterocycles. The molecule has 32 heavy (non-hydrogen) atoms. The van der Waals surface area contributed by atoms with Crippen LogP contribution in [-0.4, -0.2) is 73.8 Å². The fourth-order valence-electron chi connectivity index (χ4n) is 4.32. The van der Waals surface area contributed by atoms with Crippen molar-refractivity contribution in [2.24, 2.45) is 0 Å². The number of nitrogens with one attached hydrogen (secondary N) is 1. The van der Waals surface area contributed by atoms with Gasteiger partial charge in [-0.15, -0.1) is 0 Å². The third kappa shape index (κ3) is 5.11. The van der Waals surface area contributed by atoms with Crippen LogP contribution in [-0.2, 0) is 26.0 Å². The molecule has 1 saturated carbocycles. The summed E-state index contributed by atoms with van der Waals surface area (Å²) in [6.07, 6.45) is 7.13. The zero-order valence-electron chi connectivity index (χ0n) is 18.6. The number of fused-ring (bicyclic) bond motifs is 1. The zero-order chi connectivity index (χ0) is 21.3. The monoisotopic (exact) mass is 464 g/mol. The molecule has 2 aromatic heterocycles. The van der Waals surface area contributed by atoms with Gasteiger partial charge in [-0.3, -0.25) is 9.19 Å². The number of aromatic nitrogens is 3. The number of ether oxygens (including phenoxy) is 3. The van der Waals surface area contributed by atoms with Gasteiger partial charge in [0.05, 0.1) is 39.9 Å². The SMILES string of the molecule is Cc1c(OC[C@H]2COC3(CCCCC3)O2)ccnc1CS(=O)c1nc2ccccc2[nH]1.[Na]. The fraction of sp³-hybridized carbons (Fsp3) is 0.478. The van der Waals surface area contributed by atoms with Gasteiger partial charge in [0.1, 0.15) is 18.5 Å². The second-order valence-corrected chi connectivity index (χ2v) is 9.63. The minimum atomic E-state index is -1.33. The van der Waals surface area contributed by atoms with Crippen LogP contribution in [0, 0.1) is 6.92 Å². The maximum Gasteiger partial charge on any atom is 0.197 e. The van der Waals surface area contributed by atoms with Gasteiger partial charge in [-0.25, -0.2) is 4.98 Å². The quantitative estimate of drug-likeness (QED) is 0.561. The summed E-state index contributed by atoms with van der Waals surface area (Å²) in [5.74, 6) is 0.614. The Morgan fingerprint density at radius 1 is 1.22 bits per heavy atom. The molecule has 1 radical (unpaired) electrons. The third-order valence-corrected chi connectivity index (χ3v) is 7.22. The Morgan fingerprint density at radius 2 is 2.03 bits per heavy atom. The average Bonchev–Trinajstić information content (AvgIpc) is 3.39. The van der Waals surface area contributed by atoms with Crippen LogP contribution in [0.3, 0.4) is 0 Å². The van der Waals surface area contributed by atoms with Crippen LogP contribution in [0.25, 0.3) is 11.0 Å². The van der Waals surface area contributed by atoms with E-state index in [1.54, 1.807) is 6.20 Å². The van der Waals surface area contributed by atoms with Crippen molar-refractivity contribution in [3.8, 4) is 5.75 Å². The van der Waals surface area contributed by atoms with Gasteiger partial charge in [0.2, 0.25) is 0 Å². The van der Waals surface area contributed by atoms with Crippen LogP contribution in [0.5, 0.6) is 5.75 Å². The van der Waals surface area contributed by atoms with Crippen LogP contribution in [0.1, 0.15) is 43.4 Å². The number of nitrogens with zero attached hydrogens (tertiary/aromatic N) is 2. The summed E-state index contributed by atoms with van der Waals surface area (Å²) in [6, 6.07) is 9.51. The van der Waals surface area contributed by atoms with Gasteiger partial charge >= 0.3 is 0 Å². The molecule has 9 heteroatoms. The van der Waals surface area contributed by atoms with E-state index >= 15 is 0 Å². The molecule has 1 saturated heterocycles. The average molecular weight is 465 g/mol. The van der Waals surface area contributed by atoms with E-state index in [9.17, 15) is 4.21 Å². The van der Waals surface area contributed by atoms with E-state index in [1.165, 1.54) is 6.42 Å². The normalized spacial score (nSPS) is 20.8. The van der Waals surface area contributed by atoms with Crippen LogP contribution in [0.15, 0.2) is 41.7 Å². The molecule has 1 aromatic carbocycles. The number of H-pyrrole nitrogens is 1. The van der Waals surface area contributed by atoms with Gasteiger partial charge in [0, 0.05) is 54.2 Å². The Hall–Kier alpha value is -1.29. The minimum Gasteiger partial charge on any atom is -0.490 e. The van der Waals surface area contributed by atoms with Gasteiger partial charge in [-0.05, 0) is 38.0 Å². The molecule has 165 valence electrons. The maximum absolute atomic E-state index is 12.9. The van der Waals surface area contributed by atoms with Gasteiger partial charge < -0.3 is 19.2 Å². The molecule has 1 spiro atoms. The van der Waals surface area contributed by atoms with Crippen molar-refractivity contribution in [2.75, 3.05) is 13.2 Å². The maximum atomic E-state index is 12.9. The topological polar surface area (TPSA) is 86.3 Å². The Bertz CT molecular complexity index is 1070. The van der Waals surface area contributed by atoms with Crippen LogP contribution < -0.4 is 4.74 Å². The van der Waals surface area contributed by atoms with E-state index in [0.29, 0.717) is 18.4 Å². The molecule has 3 aromatic rings. The molecule has 0 amide bonds. The first-order valence-electron chi connectivity index (χ1n) is 10.8. The molecular formula is C23H27N3NaO4S. The van der Waals surface area contributed by atoms with Crippen molar-refractivity contribution in [2.45, 2.75) is 61.8 Å². The molecule has 5 rings (SSSR count). The van der Waals surface area contributed by atoms with E-state index in [-0.39, 0.29) is 41.4 Å². The Labute approximate surface area is 212 Å². The number of benzene rings is 1. The number of imidazole rings is 1. The number of aromatic amines is 1. The zero-order valence-corrected chi connectivity index (χ0v) is 21.5. The molecule has 1 N–H and O–H groups in total. The second kappa shape index (κ2) is 10.3. The van der Waals surface area contributed by atoms with Crippen molar-refractivity contribution in [3.05, 3.63) is 47.8 Å². The van der Waals surface area contributed by atoms with Gasteiger partial charge in [0.25, 0.3) is 0 Å². The first kappa shape index (κ1) is 23.9. The van der Waals surface area contributed by atoms with E-state index in [2.05, 4.69) is 15.0 Å². The molecule has 1 unspecified atom stereocenters. The molecular weight excluding hydrogens is 437 g/mol. The Kier molecular flexibility index (Phi) is 7.69. The van der Waals surface area contributed by atoms with Crippen molar-refractivity contribution in [1.82, 2.24) is 15.0 Å². The second-order valence-electron chi connectivity index (χ2n) is 8.26. The predicted molar refractivity (Wildman–Crippen MR) is 123 cm³/mol. The van der Waals surface area contributed by atoms with Crippen LogP contribution in [0.4, 0.5) is 0 Å². The molecule has 1 aliphatic heterocycles. The summed E-state index contributed by atoms with van der Waals surface area (Å²) in [4.78, 5) is 12.0. The molecule has 1 aliphatic carbocycles. The molecule has 0 bridgehead atoms. The first-order chi connectivity index (χ1) is 15.1. The van der Waals surface area contributed by atoms with Gasteiger partial charge in [-0.2, -0.15) is 0 Å². The Balaban J connectivity index is 0.00000245. The summed E-state index contributed by atoms with van der Waals surface area (Å²) in [6.45, 7) is 2.94. The van der Waals surface area contributed by atoms with E-state index < -0.39 is 16.6 Å². The summed E-state index contributed by atoms with van der Waals surface area (Å²) in [7, 11) is -1.33. The molecule has 7 nitrogen and oxygen atoms in total. The van der Waals surface area contributed by atoms with Crippen molar-refractivity contribution in [3.63, 3.8) is 0 Å². The Morgan fingerprint density at radius 3 is 2.84 bits per heavy atom. The van der Waals surface area contributed by atoms with Crippen molar-refractivity contribution < 1.29 is 18.4 Å². The number of hydrogen-bond acceptors (Lipinski definition) is 6. The van der Waals surface area contributed by atoms with E-state index in [0.717, 1.165) is 53.7 Å². The fourth-order valence-corrected chi connectivity index (χ4v) is 5.42. The molecule has 2 atom stereocenters. The predicted octanol–water partition coefficient (Wildman–Crippen LogP) is 3.65. The summed E-state index contributed by atoms with van der Waals surface area (Å²) < 4.78 is 31.2. The summed E-state index contributed by atoms with van der Waals surface area (Å²) >= 11 is 0. The van der Waals surface area contributed by atoms with Crippen LogP contribution >= 0.6 is 0 Å². The number of pyridine rings is 1. The van der Waals surface area contributed by atoms with E-state index in [4.69, 9.17) is 14.2 Å². The van der Waals surface area contributed by atoms with Crippen molar-refractivity contribution >= 4 is 51.4 Å². The number of rotatable bonds is 6. The summed E-state index contributed by atoms with van der Waals surface area (Å²) in [5, 5.41) is 0.461. The van der Waals surface area contributed by atoms with Gasteiger partial charge in [0.15, 0.2) is 10.9 Å². The van der Waals surface area contributed by atoms with Crippen molar-refractivity contribution in [1.29, 1.82) is 0 Å². The first-order valence-corrected chi connectivity index (χ1v) is 12.2. The standard InChI is InChI=1S/C23H27N3O4S.Na/c1-16-20(15-31(27)22-25-18-7-3-4-8-19(18)26-22)24-12-9-21(16)28-13-17-14-29-23(30-17)10-5-2-6-11-23;/h3-4,7-9,12,17H,2,5-6,10-11,13-15H2,1H3,(H,25,26);/t17-,31?;/m0./s1. The minimum absolute atomic E-state index is 0. The number of para-hydroxylation sites is 2. The van der Waals surface area contributed by atoms with Crippen LogP contribution in [0.2, 0.25) is 0 Å². The molecule has 2 fully saturated rings. The smallest absolute Gasteiger partial charge is 0.197 e. The molecule has 2 aliphatic rings.